The standard InChI is InChI=1S/C16H29N7O.HI/c1-3-15(24)23-10-7-14(11-23)21-16(17-4-2)18-8-5-6-9-22-12-19-20-13-22;/h12-14H,3-11H2,1-2H3,(H2,17,18,21);1H. The van der Waals surface area contributed by atoms with Crippen LogP contribution in [0.25, 0.3) is 0 Å². The van der Waals surface area contributed by atoms with Crippen LogP contribution in [0.5, 0.6) is 0 Å². The zero-order valence-corrected chi connectivity index (χ0v) is 17.5. The maximum Gasteiger partial charge on any atom is 0.222 e. The first-order valence-corrected chi connectivity index (χ1v) is 8.88. The molecule has 1 aromatic rings. The predicted octanol–water partition coefficient (Wildman–Crippen LogP) is 1.24. The van der Waals surface area contributed by atoms with Gasteiger partial charge in [0, 0.05) is 45.2 Å². The van der Waals surface area contributed by atoms with E-state index in [0.29, 0.717) is 6.42 Å². The van der Waals surface area contributed by atoms with E-state index in [0.717, 1.165) is 57.9 Å². The summed E-state index contributed by atoms with van der Waals surface area (Å²) >= 11 is 0. The number of guanidine groups is 1. The molecule has 1 atom stereocenters. The van der Waals surface area contributed by atoms with Crippen LogP contribution in [0.15, 0.2) is 17.6 Å². The van der Waals surface area contributed by atoms with Crippen molar-refractivity contribution < 1.29 is 4.79 Å². The summed E-state index contributed by atoms with van der Waals surface area (Å²) in [6.07, 6.45) is 7.08. The SMILES string of the molecule is CCNC(=NCCCCn1cnnc1)NC1CCN(C(=O)CC)C1.I. The number of rotatable bonds is 8. The van der Waals surface area contributed by atoms with Gasteiger partial charge >= 0.3 is 0 Å². The molecule has 0 bridgehead atoms. The average Bonchev–Trinajstić information content (AvgIpc) is 3.25. The Kier molecular flexibility index (Phi) is 10.4. The molecule has 25 heavy (non-hydrogen) atoms. The average molecular weight is 463 g/mol. The van der Waals surface area contributed by atoms with Crippen LogP contribution in [0, 0.1) is 0 Å². The molecular formula is C16H30IN7O. The second-order valence-corrected chi connectivity index (χ2v) is 5.99. The third-order valence-electron chi connectivity index (χ3n) is 4.09. The fraction of sp³-hybridized carbons (Fsp3) is 0.750. The number of amides is 1. The monoisotopic (exact) mass is 463 g/mol. The van der Waals surface area contributed by atoms with Gasteiger partial charge in [0.25, 0.3) is 0 Å². The zero-order chi connectivity index (χ0) is 17.2. The van der Waals surface area contributed by atoms with Gasteiger partial charge in [0.1, 0.15) is 12.7 Å². The summed E-state index contributed by atoms with van der Waals surface area (Å²) in [5.41, 5.74) is 0. The van der Waals surface area contributed by atoms with Crippen LogP contribution in [0.2, 0.25) is 0 Å². The minimum Gasteiger partial charge on any atom is -0.357 e. The van der Waals surface area contributed by atoms with E-state index in [4.69, 9.17) is 0 Å². The fourth-order valence-corrected chi connectivity index (χ4v) is 2.78. The maximum atomic E-state index is 11.8. The quantitative estimate of drug-likeness (QED) is 0.262. The van der Waals surface area contributed by atoms with E-state index in [1.165, 1.54) is 0 Å². The van der Waals surface area contributed by atoms with Gasteiger partial charge in [-0.15, -0.1) is 34.2 Å². The first-order valence-electron chi connectivity index (χ1n) is 8.88. The Balaban J connectivity index is 0.00000312. The van der Waals surface area contributed by atoms with Crippen LogP contribution in [-0.4, -0.2) is 63.8 Å². The van der Waals surface area contributed by atoms with Gasteiger partial charge in [-0.3, -0.25) is 9.79 Å². The van der Waals surface area contributed by atoms with Crippen LogP contribution in [-0.2, 0) is 11.3 Å². The molecule has 0 aliphatic carbocycles. The highest BCUT2D eigenvalue weighted by atomic mass is 127. The molecule has 1 aliphatic rings. The summed E-state index contributed by atoms with van der Waals surface area (Å²) in [6.45, 7) is 8.11. The summed E-state index contributed by atoms with van der Waals surface area (Å²) in [5.74, 6) is 1.08. The van der Waals surface area contributed by atoms with Crippen molar-refractivity contribution in [2.75, 3.05) is 26.2 Å². The molecule has 0 spiro atoms. The zero-order valence-electron chi connectivity index (χ0n) is 15.1. The summed E-state index contributed by atoms with van der Waals surface area (Å²) in [6, 6.07) is 0.287. The number of nitrogens with one attached hydrogen (secondary N) is 2. The molecule has 2 N–H and O–H groups in total. The largest absolute Gasteiger partial charge is 0.357 e. The molecule has 1 amide bonds. The molecule has 1 fully saturated rings. The van der Waals surface area contributed by atoms with Crippen molar-refractivity contribution in [2.24, 2.45) is 4.99 Å². The highest BCUT2D eigenvalue weighted by molar-refractivity contribution is 14.0. The number of aryl methyl sites for hydroxylation is 1. The number of hydrogen-bond donors (Lipinski definition) is 2. The summed E-state index contributed by atoms with van der Waals surface area (Å²) in [5, 5.41) is 14.3. The molecule has 1 unspecified atom stereocenters. The maximum absolute atomic E-state index is 11.8. The first kappa shape index (κ1) is 21.7. The number of unbranched alkanes of at least 4 members (excludes halogenated alkanes) is 1. The lowest BCUT2D eigenvalue weighted by Crippen LogP contribution is -2.45. The van der Waals surface area contributed by atoms with Gasteiger partial charge in [-0.25, -0.2) is 0 Å². The molecule has 1 aromatic heterocycles. The van der Waals surface area contributed by atoms with Gasteiger partial charge < -0.3 is 20.1 Å². The van der Waals surface area contributed by atoms with Crippen LogP contribution in [0.4, 0.5) is 0 Å². The van der Waals surface area contributed by atoms with E-state index in [2.05, 4.69) is 32.7 Å². The Morgan fingerprint density at radius 3 is 2.72 bits per heavy atom. The third kappa shape index (κ3) is 7.57. The van der Waals surface area contributed by atoms with E-state index in [9.17, 15) is 4.79 Å². The number of nitrogens with zero attached hydrogens (tertiary/aromatic N) is 5. The van der Waals surface area contributed by atoms with Crippen molar-refractivity contribution in [1.29, 1.82) is 0 Å². The Hall–Kier alpha value is -1.39. The molecule has 0 saturated carbocycles. The molecule has 0 aromatic carbocycles. The molecule has 2 heterocycles. The fourth-order valence-electron chi connectivity index (χ4n) is 2.78. The van der Waals surface area contributed by atoms with Gasteiger partial charge in [0.2, 0.25) is 5.91 Å². The lowest BCUT2D eigenvalue weighted by atomic mass is 10.3. The van der Waals surface area contributed by atoms with Crippen molar-refractivity contribution in [3.63, 3.8) is 0 Å². The van der Waals surface area contributed by atoms with Crippen LogP contribution in [0.3, 0.4) is 0 Å². The molecule has 9 heteroatoms. The molecule has 1 saturated heterocycles. The number of aliphatic imine (C=N–C) groups is 1. The molecule has 2 rings (SSSR count). The van der Waals surface area contributed by atoms with E-state index >= 15 is 0 Å². The van der Waals surface area contributed by atoms with Gasteiger partial charge in [0.05, 0.1) is 0 Å². The molecular weight excluding hydrogens is 433 g/mol. The minimum atomic E-state index is 0. The highest BCUT2D eigenvalue weighted by Gasteiger charge is 2.25. The second kappa shape index (κ2) is 12.0. The van der Waals surface area contributed by atoms with Crippen LogP contribution < -0.4 is 10.6 Å². The van der Waals surface area contributed by atoms with E-state index in [-0.39, 0.29) is 35.9 Å². The van der Waals surface area contributed by atoms with E-state index in [1.54, 1.807) is 12.7 Å². The lowest BCUT2D eigenvalue weighted by Gasteiger charge is -2.18. The predicted molar refractivity (Wildman–Crippen MR) is 109 cm³/mol. The molecule has 0 radical (unpaired) electrons. The minimum absolute atomic E-state index is 0. The normalized spacial score (nSPS) is 17.3. The van der Waals surface area contributed by atoms with Crippen LogP contribution in [0.1, 0.15) is 39.5 Å². The van der Waals surface area contributed by atoms with Crippen molar-refractivity contribution in [3.05, 3.63) is 12.7 Å². The van der Waals surface area contributed by atoms with Crippen LogP contribution >= 0.6 is 24.0 Å². The molecule has 142 valence electrons. The second-order valence-electron chi connectivity index (χ2n) is 5.99. The Labute approximate surface area is 166 Å². The summed E-state index contributed by atoms with van der Waals surface area (Å²) in [7, 11) is 0. The number of carbonyl (C=O) groups excluding carboxylic acids is 1. The van der Waals surface area contributed by atoms with Gasteiger partial charge in [-0.1, -0.05) is 6.92 Å². The lowest BCUT2D eigenvalue weighted by molar-refractivity contribution is -0.129. The smallest absolute Gasteiger partial charge is 0.222 e. The number of hydrogen-bond acceptors (Lipinski definition) is 4. The van der Waals surface area contributed by atoms with E-state index in [1.807, 2.05) is 16.4 Å². The van der Waals surface area contributed by atoms with Gasteiger partial charge in [-0.2, -0.15) is 0 Å². The van der Waals surface area contributed by atoms with E-state index < -0.39 is 0 Å². The number of aromatic nitrogens is 3. The molecule has 8 nitrogen and oxygen atoms in total. The summed E-state index contributed by atoms with van der Waals surface area (Å²) in [4.78, 5) is 18.3. The van der Waals surface area contributed by atoms with Crippen molar-refractivity contribution in [2.45, 2.75) is 52.1 Å². The summed E-state index contributed by atoms with van der Waals surface area (Å²) < 4.78 is 1.98. The molecule has 1 aliphatic heterocycles. The highest BCUT2D eigenvalue weighted by Crippen LogP contribution is 2.10. The number of likely N-dealkylation sites (tertiary alicyclic amines) is 1. The Bertz CT molecular complexity index is 521. The first-order chi connectivity index (χ1) is 11.7. The number of carbonyl (C=O) groups is 1. The number of halogens is 1. The Morgan fingerprint density at radius 2 is 2.04 bits per heavy atom. The topological polar surface area (TPSA) is 87.4 Å². The van der Waals surface area contributed by atoms with Crippen molar-refractivity contribution in [1.82, 2.24) is 30.3 Å². The van der Waals surface area contributed by atoms with Crippen molar-refractivity contribution >= 4 is 35.8 Å². The van der Waals surface area contributed by atoms with Gasteiger partial charge in [-0.05, 0) is 26.2 Å². The Morgan fingerprint density at radius 1 is 1.28 bits per heavy atom. The van der Waals surface area contributed by atoms with Crippen molar-refractivity contribution in [3.8, 4) is 0 Å². The third-order valence-corrected chi connectivity index (χ3v) is 4.09. The van der Waals surface area contributed by atoms with Gasteiger partial charge in [0.15, 0.2) is 5.96 Å².